The lowest BCUT2D eigenvalue weighted by molar-refractivity contribution is 0.660. The van der Waals surface area contributed by atoms with Gasteiger partial charge in [0.1, 0.15) is 0 Å². The molecule has 0 unspecified atom stereocenters. The van der Waals surface area contributed by atoms with Gasteiger partial charge in [0.25, 0.3) is 0 Å². The summed E-state index contributed by atoms with van der Waals surface area (Å²) in [6.45, 7) is 9.47. The molecule has 0 radical (unpaired) electrons. The molecule has 1 heteroatoms. The Hall–Kier alpha value is -5.14. The van der Waals surface area contributed by atoms with Crippen molar-refractivity contribution in [3.05, 3.63) is 167 Å². The zero-order chi connectivity index (χ0) is 31.9. The summed E-state index contributed by atoms with van der Waals surface area (Å²) in [7, 11) is 0. The molecule has 3 aliphatic carbocycles. The van der Waals surface area contributed by atoms with Gasteiger partial charge in [-0.05, 0) is 104 Å². The van der Waals surface area contributed by atoms with Crippen LogP contribution in [0.2, 0.25) is 0 Å². The number of hydrogen-bond acceptors (Lipinski definition) is 1. The zero-order valence-electron chi connectivity index (χ0n) is 27.6. The predicted octanol–water partition coefficient (Wildman–Crippen LogP) is 12.7. The molecule has 0 aromatic heterocycles. The highest BCUT2D eigenvalue weighted by atomic mass is 15.1. The van der Waals surface area contributed by atoms with Crippen molar-refractivity contribution in [3.63, 3.8) is 0 Å². The highest BCUT2D eigenvalue weighted by Crippen LogP contribution is 2.54. The number of fused-ring (bicyclic) bond motifs is 7. The van der Waals surface area contributed by atoms with E-state index in [-0.39, 0.29) is 10.8 Å². The average Bonchev–Trinajstić information content (AvgIpc) is 3.48. The van der Waals surface area contributed by atoms with Gasteiger partial charge in [-0.15, -0.1) is 0 Å². The molecule has 6 aromatic carbocycles. The van der Waals surface area contributed by atoms with Gasteiger partial charge in [0, 0.05) is 27.8 Å². The molecule has 228 valence electrons. The van der Waals surface area contributed by atoms with Gasteiger partial charge in [-0.1, -0.05) is 137 Å². The maximum absolute atomic E-state index is 2.54. The lowest BCUT2D eigenvalue weighted by atomic mass is 9.82. The van der Waals surface area contributed by atoms with Crippen LogP contribution in [0.4, 0.5) is 17.1 Å². The molecule has 3 aliphatic rings. The van der Waals surface area contributed by atoms with E-state index in [1.807, 2.05) is 0 Å². The quantitative estimate of drug-likeness (QED) is 0.193. The van der Waals surface area contributed by atoms with Gasteiger partial charge >= 0.3 is 0 Å². The molecule has 0 fully saturated rings. The zero-order valence-corrected chi connectivity index (χ0v) is 27.6. The first-order chi connectivity index (χ1) is 22.8. The van der Waals surface area contributed by atoms with E-state index in [9.17, 15) is 0 Å². The minimum atomic E-state index is -0.0859. The summed E-state index contributed by atoms with van der Waals surface area (Å²) < 4.78 is 0. The summed E-state index contributed by atoms with van der Waals surface area (Å²) in [4.78, 5) is 2.54. The van der Waals surface area contributed by atoms with Crippen LogP contribution in [0.5, 0.6) is 0 Å². The Balaban J connectivity index is 1.33. The normalized spacial score (nSPS) is 16.3. The summed E-state index contributed by atoms with van der Waals surface area (Å²) >= 11 is 0. The molecular weight excluding hydrogens is 567 g/mol. The van der Waals surface area contributed by atoms with E-state index in [1.165, 1.54) is 83.5 Å². The molecular formula is C46H39N. The van der Waals surface area contributed by atoms with Crippen molar-refractivity contribution in [2.24, 2.45) is 0 Å². The Bertz CT molecular complexity index is 2310. The van der Waals surface area contributed by atoms with Crippen LogP contribution in [0.15, 0.2) is 140 Å². The van der Waals surface area contributed by atoms with Crippen molar-refractivity contribution in [3.8, 4) is 22.3 Å². The van der Waals surface area contributed by atoms with Crippen molar-refractivity contribution < 1.29 is 0 Å². The van der Waals surface area contributed by atoms with Gasteiger partial charge < -0.3 is 4.90 Å². The van der Waals surface area contributed by atoms with Crippen LogP contribution in [0, 0.1) is 0 Å². The molecule has 0 heterocycles. The molecule has 47 heavy (non-hydrogen) atoms. The van der Waals surface area contributed by atoms with Gasteiger partial charge in [0.15, 0.2) is 0 Å². The minimum absolute atomic E-state index is 0.0357. The Labute approximate surface area is 278 Å². The molecule has 0 N–H and O–H groups in total. The van der Waals surface area contributed by atoms with Crippen molar-refractivity contribution in [1.82, 2.24) is 0 Å². The minimum Gasteiger partial charge on any atom is -0.310 e. The highest BCUT2D eigenvalue weighted by molar-refractivity contribution is 6.03. The smallest absolute Gasteiger partial charge is 0.0543 e. The summed E-state index contributed by atoms with van der Waals surface area (Å²) in [6.07, 6.45) is 8.94. The average molecular weight is 606 g/mol. The molecule has 0 amide bonds. The highest BCUT2D eigenvalue weighted by Gasteiger charge is 2.37. The second-order valence-electron chi connectivity index (χ2n) is 14.5. The van der Waals surface area contributed by atoms with E-state index in [1.54, 1.807) is 0 Å². The maximum Gasteiger partial charge on any atom is 0.0543 e. The third kappa shape index (κ3) is 4.09. The van der Waals surface area contributed by atoms with Crippen LogP contribution in [0.25, 0.3) is 38.6 Å². The Morgan fingerprint density at radius 3 is 1.91 bits per heavy atom. The van der Waals surface area contributed by atoms with E-state index >= 15 is 0 Å². The number of anilines is 3. The number of rotatable bonds is 4. The van der Waals surface area contributed by atoms with E-state index in [2.05, 4.69) is 172 Å². The fraction of sp³-hybridized carbons (Fsp3) is 0.174. The largest absolute Gasteiger partial charge is 0.310 e. The van der Waals surface area contributed by atoms with Gasteiger partial charge in [-0.25, -0.2) is 0 Å². The first kappa shape index (κ1) is 28.1. The van der Waals surface area contributed by atoms with Crippen molar-refractivity contribution in [2.75, 3.05) is 4.90 Å². The van der Waals surface area contributed by atoms with E-state index in [0.717, 1.165) is 12.8 Å². The Morgan fingerprint density at radius 1 is 0.532 bits per heavy atom. The molecule has 0 atom stereocenters. The van der Waals surface area contributed by atoms with E-state index in [0.29, 0.717) is 0 Å². The van der Waals surface area contributed by atoms with Gasteiger partial charge in [-0.3, -0.25) is 0 Å². The third-order valence-corrected chi connectivity index (χ3v) is 11.1. The standard InChI is InChI=1S/C46H39N/c1-45(2)40-21-13-11-19-36(40)38-28-32(24-26-41(38)45)47(33-23-25-37-35-18-10-12-20-39(35)46(3,4)42(37)29-33)43-27-22-30-14-8-9-17-34(30)44(43)31-15-6-5-7-16-31/h5-6,8-15,17-29H,7,16H2,1-4H3. The molecule has 0 aliphatic heterocycles. The van der Waals surface area contributed by atoms with Crippen LogP contribution >= 0.6 is 0 Å². The molecule has 6 aromatic rings. The second kappa shape index (κ2) is 10.2. The summed E-state index contributed by atoms with van der Waals surface area (Å²) in [5.74, 6) is 0. The maximum atomic E-state index is 2.54. The lowest BCUT2D eigenvalue weighted by Crippen LogP contribution is -2.18. The topological polar surface area (TPSA) is 3.24 Å². The van der Waals surface area contributed by atoms with Crippen LogP contribution in [-0.2, 0) is 10.8 Å². The molecule has 0 bridgehead atoms. The third-order valence-electron chi connectivity index (χ3n) is 11.1. The van der Waals surface area contributed by atoms with Gasteiger partial charge in [0.05, 0.1) is 5.69 Å². The fourth-order valence-electron chi connectivity index (χ4n) is 8.70. The van der Waals surface area contributed by atoms with Crippen molar-refractivity contribution >= 4 is 33.4 Å². The van der Waals surface area contributed by atoms with Gasteiger partial charge in [-0.2, -0.15) is 0 Å². The Kier molecular flexibility index (Phi) is 6.09. The SMILES string of the molecule is CC1(C)c2ccccc2-c2cc(N(c3ccc4c(c3)C(C)(C)c3ccccc3-4)c3ccc4ccccc4c3C3=CC=CCC3)ccc21. The lowest BCUT2D eigenvalue weighted by Gasteiger charge is -2.31. The number of nitrogens with zero attached hydrogens (tertiary/aromatic N) is 1. The monoisotopic (exact) mass is 605 g/mol. The van der Waals surface area contributed by atoms with Crippen LogP contribution in [-0.4, -0.2) is 0 Å². The molecule has 0 saturated heterocycles. The predicted molar refractivity (Wildman–Crippen MR) is 200 cm³/mol. The molecule has 0 saturated carbocycles. The fourth-order valence-corrected chi connectivity index (χ4v) is 8.70. The molecule has 0 spiro atoms. The van der Waals surface area contributed by atoms with E-state index < -0.39 is 0 Å². The first-order valence-corrected chi connectivity index (χ1v) is 17.0. The van der Waals surface area contributed by atoms with Crippen molar-refractivity contribution in [1.29, 1.82) is 0 Å². The number of allylic oxidation sites excluding steroid dienone is 4. The molecule has 9 rings (SSSR count). The van der Waals surface area contributed by atoms with E-state index in [4.69, 9.17) is 0 Å². The summed E-state index contributed by atoms with van der Waals surface area (Å²) in [5.41, 5.74) is 17.2. The Morgan fingerprint density at radius 2 is 1.15 bits per heavy atom. The second-order valence-corrected chi connectivity index (χ2v) is 14.5. The summed E-state index contributed by atoms with van der Waals surface area (Å²) in [6, 6.07) is 45.8. The number of benzene rings is 6. The van der Waals surface area contributed by atoms with Crippen molar-refractivity contribution in [2.45, 2.75) is 51.4 Å². The van der Waals surface area contributed by atoms with Crippen LogP contribution in [0.1, 0.15) is 68.4 Å². The first-order valence-electron chi connectivity index (χ1n) is 17.0. The summed E-state index contributed by atoms with van der Waals surface area (Å²) in [5, 5.41) is 2.58. The van der Waals surface area contributed by atoms with Crippen LogP contribution in [0.3, 0.4) is 0 Å². The number of hydrogen-bond donors (Lipinski definition) is 0. The van der Waals surface area contributed by atoms with Crippen LogP contribution < -0.4 is 4.90 Å². The molecule has 1 nitrogen and oxygen atoms in total. The van der Waals surface area contributed by atoms with Gasteiger partial charge in [0.2, 0.25) is 0 Å².